The first-order valence-electron chi connectivity index (χ1n) is 10.1. The van der Waals surface area contributed by atoms with E-state index in [-0.39, 0.29) is 5.91 Å². The summed E-state index contributed by atoms with van der Waals surface area (Å²) in [4.78, 5) is 16.6. The first-order chi connectivity index (χ1) is 13.8. The standard InChI is InChI=1S/C23H25N3OS/c27-23-16-18-15-17(6-7-20(18)24-23)3-2-9-25-10-12-26(13-11-25)21-4-1-5-22-19(21)8-14-28-22/h1,4-8,14-15H,2-3,9-13,16H2,(H,24,27). The van der Waals surface area contributed by atoms with Crippen molar-refractivity contribution in [2.75, 3.05) is 42.9 Å². The van der Waals surface area contributed by atoms with E-state index in [0.717, 1.165) is 50.4 Å². The van der Waals surface area contributed by atoms with Gasteiger partial charge in [0.2, 0.25) is 5.91 Å². The lowest BCUT2D eigenvalue weighted by Gasteiger charge is -2.36. The number of amides is 1. The smallest absolute Gasteiger partial charge is 0.228 e. The summed E-state index contributed by atoms with van der Waals surface area (Å²) in [6.07, 6.45) is 2.78. The first kappa shape index (κ1) is 17.7. The molecule has 5 rings (SSSR count). The molecule has 2 aliphatic rings. The molecule has 2 aliphatic heterocycles. The van der Waals surface area contributed by atoms with Crippen LogP contribution in [0, 0.1) is 0 Å². The van der Waals surface area contributed by atoms with E-state index >= 15 is 0 Å². The third kappa shape index (κ3) is 3.52. The number of benzene rings is 2. The Kier molecular flexibility index (Phi) is 4.79. The Balaban J connectivity index is 1.13. The number of nitrogens with zero attached hydrogens (tertiary/aromatic N) is 2. The van der Waals surface area contributed by atoms with Gasteiger partial charge in [-0.05, 0) is 60.2 Å². The number of hydrogen-bond donors (Lipinski definition) is 1. The minimum absolute atomic E-state index is 0.114. The minimum Gasteiger partial charge on any atom is -0.368 e. The normalized spacial score (nSPS) is 17.1. The molecule has 3 aromatic rings. The van der Waals surface area contributed by atoms with Gasteiger partial charge in [0, 0.05) is 47.6 Å². The van der Waals surface area contributed by atoms with Crippen molar-refractivity contribution < 1.29 is 4.79 Å². The van der Waals surface area contributed by atoms with Crippen molar-refractivity contribution in [1.29, 1.82) is 0 Å². The number of nitrogens with one attached hydrogen (secondary N) is 1. The predicted octanol–water partition coefficient (Wildman–Crippen LogP) is 4.15. The van der Waals surface area contributed by atoms with Gasteiger partial charge >= 0.3 is 0 Å². The van der Waals surface area contributed by atoms with E-state index < -0.39 is 0 Å². The molecule has 2 aromatic carbocycles. The van der Waals surface area contributed by atoms with Crippen LogP contribution in [0.5, 0.6) is 0 Å². The zero-order valence-electron chi connectivity index (χ0n) is 16.0. The highest BCUT2D eigenvalue weighted by atomic mass is 32.1. The molecule has 1 N–H and O–H groups in total. The summed E-state index contributed by atoms with van der Waals surface area (Å²) in [7, 11) is 0. The molecule has 0 radical (unpaired) electrons. The van der Waals surface area contributed by atoms with Crippen LogP contribution in [0.3, 0.4) is 0 Å². The van der Waals surface area contributed by atoms with Gasteiger partial charge in [-0.1, -0.05) is 18.2 Å². The van der Waals surface area contributed by atoms with Gasteiger partial charge < -0.3 is 10.2 Å². The Morgan fingerprint density at radius 1 is 1.04 bits per heavy atom. The van der Waals surface area contributed by atoms with Crippen LogP contribution in [-0.2, 0) is 17.6 Å². The number of piperazine rings is 1. The maximum Gasteiger partial charge on any atom is 0.228 e. The molecule has 1 fully saturated rings. The fraction of sp³-hybridized carbons (Fsp3) is 0.348. The Bertz CT molecular complexity index is 1000. The molecule has 0 unspecified atom stereocenters. The zero-order chi connectivity index (χ0) is 18.9. The van der Waals surface area contributed by atoms with Crippen molar-refractivity contribution in [1.82, 2.24) is 4.90 Å². The highest BCUT2D eigenvalue weighted by Gasteiger charge is 2.19. The monoisotopic (exact) mass is 391 g/mol. The minimum atomic E-state index is 0.114. The second kappa shape index (κ2) is 7.57. The molecule has 1 aromatic heterocycles. The lowest BCUT2D eigenvalue weighted by atomic mass is 10.0. The van der Waals surface area contributed by atoms with Gasteiger partial charge in [-0.25, -0.2) is 0 Å². The second-order valence-electron chi connectivity index (χ2n) is 7.76. The summed E-state index contributed by atoms with van der Waals surface area (Å²) in [5, 5.41) is 6.49. The van der Waals surface area contributed by atoms with Crippen LogP contribution in [0.25, 0.3) is 10.1 Å². The molecule has 0 saturated carbocycles. The Morgan fingerprint density at radius 3 is 2.82 bits per heavy atom. The predicted molar refractivity (Wildman–Crippen MR) is 118 cm³/mol. The van der Waals surface area contributed by atoms with Gasteiger partial charge in [0.05, 0.1) is 6.42 Å². The molecule has 0 bridgehead atoms. The number of anilines is 2. The van der Waals surface area contributed by atoms with Crippen molar-refractivity contribution >= 4 is 38.7 Å². The van der Waals surface area contributed by atoms with E-state index in [0.29, 0.717) is 6.42 Å². The summed E-state index contributed by atoms with van der Waals surface area (Å²) in [6.45, 7) is 5.60. The Labute approximate surface area is 169 Å². The van der Waals surface area contributed by atoms with Crippen molar-refractivity contribution in [3.05, 3.63) is 59.0 Å². The van der Waals surface area contributed by atoms with E-state index in [1.165, 1.54) is 27.8 Å². The molecule has 1 amide bonds. The van der Waals surface area contributed by atoms with Crippen LogP contribution in [-0.4, -0.2) is 43.5 Å². The highest BCUT2D eigenvalue weighted by Crippen LogP contribution is 2.31. The summed E-state index contributed by atoms with van der Waals surface area (Å²) in [5.74, 6) is 0.114. The molecular weight excluding hydrogens is 366 g/mol. The molecule has 0 atom stereocenters. The molecule has 0 aliphatic carbocycles. The lowest BCUT2D eigenvalue weighted by molar-refractivity contribution is -0.115. The quantitative estimate of drug-likeness (QED) is 0.710. The number of fused-ring (bicyclic) bond motifs is 2. The third-order valence-corrected chi connectivity index (χ3v) is 6.80. The summed E-state index contributed by atoms with van der Waals surface area (Å²) < 4.78 is 1.38. The fourth-order valence-corrected chi connectivity index (χ4v) is 5.22. The molecule has 144 valence electrons. The van der Waals surface area contributed by atoms with Crippen molar-refractivity contribution in [2.45, 2.75) is 19.3 Å². The lowest BCUT2D eigenvalue weighted by Crippen LogP contribution is -2.46. The van der Waals surface area contributed by atoms with Crippen LogP contribution < -0.4 is 10.2 Å². The number of thiophene rings is 1. The van der Waals surface area contributed by atoms with Crippen LogP contribution in [0.2, 0.25) is 0 Å². The van der Waals surface area contributed by atoms with E-state index in [9.17, 15) is 4.79 Å². The number of rotatable bonds is 5. The zero-order valence-corrected chi connectivity index (χ0v) is 16.8. The van der Waals surface area contributed by atoms with Crippen molar-refractivity contribution in [3.8, 4) is 0 Å². The van der Waals surface area contributed by atoms with Gasteiger partial charge in [-0.15, -0.1) is 11.3 Å². The van der Waals surface area contributed by atoms with E-state index in [2.05, 4.69) is 63.0 Å². The molecule has 0 spiro atoms. The second-order valence-corrected chi connectivity index (χ2v) is 8.71. The van der Waals surface area contributed by atoms with Crippen LogP contribution in [0.4, 0.5) is 11.4 Å². The van der Waals surface area contributed by atoms with Gasteiger partial charge in [-0.3, -0.25) is 9.69 Å². The molecule has 1 saturated heterocycles. The van der Waals surface area contributed by atoms with Gasteiger partial charge in [-0.2, -0.15) is 0 Å². The van der Waals surface area contributed by atoms with Crippen molar-refractivity contribution in [3.63, 3.8) is 0 Å². The molecule has 3 heterocycles. The largest absolute Gasteiger partial charge is 0.368 e. The molecule has 28 heavy (non-hydrogen) atoms. The summed E-state index contributed by atoms with van der Waals surface area (Å²) in [6, 6.07) is 15.3. The average Bonchev–Trinajstić information content (AvgIpc) is 3.33. The Morgan fingerprint density at radius 2 is 1.93 bits per heavy atom. The van der Waals surface area contributed by atoms with Gasteiger partial charge in [0.15, 0.2) is 0 Å². The number of carbonyl (C=O) groups excluding carboxylic acids is 1. The number of aryl methyl sites for hydroxylation is 1. The van der Waals surface area contributed by atoms with E-state index in [1.807, 2.05) is 11.3 Å². The maximum absolute atomic E-state index is 11.5. The highest BCUT2D eigenvalue weighted by molar-refractivity contribution is 7.17. The third-order valence-electron chi connectivity index (χ3n) is 5.92. The topological polar surface area (TPSA) is 35.6 Å². The first-order valence-corrected chi connectivity index (χ1v) is 11.0. The van der Waals surface area contributed by atoms with Gasteiger partial charge in [0.25, 0.3) is 0 Å². The number of hydrogen-bond acceptors (Lipinski definition) is 4. The molecule has 5 heteroatoms. The molecular formula is C23H25N3OS. The van der Waals surface area contributed by atoms with Gasteiger partial charge in [0.1, 0.15) is 0 Å². The average molecular weight is 392 g/mol. The van der Waals surface area contributed by atoms with E-state index in [1.54, 1.807) is 0 Å². The van der Waals surface area contributed by atoms with Crippen LogP contribution in [0.15, 0.2) is 47.8 Å². The van der Waals surface area contributed by atoms with Crippen LogP contribution >= 0.6 is 11.3 Å². The van der Waals surface area contributed by atoms with Crippen molar-refractivity contribution in [2.24, 2.45) is 0 Å². The SMILES string of the molecule is O=C1Cc2cc(CCCN3CCN(c4cccc5sccc45)CC3)ccc2N1. The van der Waals surface area contributed by atoms with E-state index in [4.69, 9.17) is 0 Å². The number of carbonyl (C=O) groups is 1. The summed E-state index contributed by atoms with van der Waals surface area (Å²) in [5.41, 5.74) is 4.88. The maximum atomic E-state index is 11.5. The summed E-state index contributed by atoms with van der Waals surface area (Å²) >= 11 is 1.82. The van der Waals surface area contributed by atoms with Crippen LogP contribution in [0.1, 0.15) is 17.5 Å². The fourth-order valence-electron chi connectivity index (χ4n) is 4.41. The Hall–Kier alpha value is -2.37. The molecule has 4 nitrogen and oxygen atoms in total.